The lowest BCUT2D eigenvalue weighted by Crippen LogP contribution is -2.40. The number of carbonyl (C=O) groups is 2. The molecule has 1 amide bonds. The van der Waals surface area contributed by atoms with E-state index in [0.29, 0.717) is 18.6 Å². The zero-order valence-corrected chi connectivity index (χ0v) is 12.0. The van der Waals surface area contributed by atoms with E-state index in [4.69, 9.17) is 5.11 Å². The van der Waals surface area contributed by atoms with Crippen LogP contribution in [0.1, 0.15) is 25.3 Å². The first kappa shape index (κ1) is 15.6. The van der Waals surface area contributed by atoms with Crippen LogP contribution in [0.15, 0.2) is 29.2 Å². The molecular formula is C14H19NO3S. The molecule has 0 aliphatic heterocycles. The predicted molar refractivity (Wildman–Crippen MR) is 76.4 cm³/mol. The van der Waals surface area contributed by atoms with Crippen LogP contribution in [-0.4, -0.2) is 28.8 Å². The summed E-state index contributed by atoms with van der Waals surface area (Å²) in [5.41, 5.74) is 1.20. The third kappa shape index (κ3) is 5.79. The zero-order chi connectivity index (χ0) is 14.3. The van der Waals surface area contributed by atoms with Crippen molar-refractivity contribution >= 4 is 23.6 Å². The summed E-state index contributed by atoms with van der Waals surface area (Å²) in [7, 11) is 0. The van der Waals surface area contributed by atoms with E-state index in [0.717, 1.165) is 4.90 Å². The number of aryl methyl sites for hydroxylation is 1. The molecule has 0 fully saturated rings. The van der Waals surface area contributed by atoms with E-state index in [1.165, 1.54) is 5.56 Å². The smallest absolute Gasteiger partial charge is 0.326 e. The van der Waals surface area contributed by atoms with Gasteiger partial charge in [-0.1, -0.05) is 24.6 Å². The highest BCUT2D eigenvalue weighted by Gasteiger charge is 2.16. The maximum absolute atomic E-state index is 11.6. The number of rotatable bonds is 7. The van der Waals surface area contributed by atoms with Gasteiger partial charge in [-0.05, 0) is 25.5 Å². The van der Waals surface area contributed by atoms with Crippen LogP contribution in [0.4, 0.5) is 0 Å². The summed E-state index contributed by atoms with van der Waals surface area (Å²) in [6.07, 6.45) is 0.717. The Kier molecular flexibility index (Phi) is 6.42. The average Bonchev–Trinajstić information content (AvgIpc) is 2.38. The predicted octanol–water partition coefficient (Wildman–Crippen LogP) is 2.46. The van der Waals surface area contributed by atoms with Crippen molar-refractivity contribution in [3.63, 3.8) is 0 Å². The molecule has 0 bridgehead atoms. The van der Waals surface area contributed by atoms with Gasteiger partial charge in [0.05, 0.1) is 0 Å². The molecule has 0 saturated heterocycles. The highest BCUT2D eigenvalue weighted by molar-refractivity contribution is 7.99. The van der Waals surface area contributed by atoms with Gasteiger partial charge in [0.1, 0.15) is 6.04 Å². The molecule has 0 aliphatic carbocycles. The second kappa shape index (κ2) is 7.84. The molecular weight excluding hydrogens is 262 g/mol. The Balaban J connectivity index is 2.30. The summed E-state index contributed by atoms with van der Waals surface area (Å²) < 4.78 is 0. The zero-order valence-electron chi connectivity index (χ0n) is 11.2. The molecule has 0 saturated carbocycles. The number of benzene rings is 1. The Morgan fingerprint density at radius 3 is 2.47 bits per heavy atom. The van der Waals surface area contributed by atoms with E-state index in [1.54, 1.807) is 18.7 Å². The van der Waals surface area contributed by atoms with Crippen molar-refractivity contribution in [2.75, 3.05) is 5.75 Å². The molecule has 1 rings (SSSR count). The molecule has 104 valence electrons. The number of nitrogens with one attached hydrogen (secondary N) is 1. The lowest BCUT2D eigenvalue weighted by Gasteiger charge is -2.11. The molecule has 4 nitrogen and oxygen atoms in total. The first-order valence-electron chi connectivity index (χ1n) is 6.24. The fourth-order valence-corrected chi connectivity index (χ4v) is 2.35. The number of amides is 1. The first-order chi connectivity index (χ1) is 9.02. The van der Waals surface area contributed by atoms with Crippen LogP contribution in [-0.2, 0) is 9.59 Å². The number of hydrogen-bond acceptors (Lipinski definition) is 3. The Labute approximate surface area is 117 Å². The molecule has 0 aliphatic rings. The maximum atomic E-state index is 11.6. The van der Waals surface area contributed by atoms with E-state index in [-0.39, 0.29) is 5.91 Å². The van der Waals surface area contributed by atoms with Crippen LogP contribution in [0.25, 0.3) is 0 Å². The van der Waals surface area contributed by atoms with Gasteiger partial charge >= 0.3 is 5.97 Å². The number of thioether (sulfide) groups is 1. The maximum Gasteiger partial charge on any atom is 0.326 e. The van der Waals surface area contributed by atoms with Crippen LogP contribution >= 0.6 is 11.8 Å². The van der Waals surface area contributed by atoms with E-state index in [1.807, 2.05) is 31.2 Å². The van der Waals surface area contributed by atoms with Gasteiger partial charge < -0.3 is 10.4 Å². The molecule has 1 unspecified atom stereocenters. The van der Waals surface area contributed by atoms with Crippen LogP contribution in [0, 0.1) is 6.92 Å². The summed E-state index contributed by atoms with van der Waals surface area (Å²) in [5, 5.41) is 11.3. The van der Waals surface area contributed by atoms with Gasteiger partial charge in [0, 0.05) is 17.1 Å². The van der Waals surface area contributed by atoms with Gasteiger partial charge in [-0.15, -0.1) is 11.8 Å². The van der Waals surface area contributed by atoms with Crippen molar-refractivity contribution in [2.24, 2.45) is 0 Å². The Hall–Kier alpha value is -1.49. The molecule has 0 radical (unpaired) electrons. The monoisotopic (exact) mass is 281 g/mol. The summed E-state index contributed by atoms with van der Waals surface area (Å²) >= 11 is 1.59. The third-order valence-corrected chi connectivity index (χ3v) is 3.67. The summed E-state index contributed by atoms with van der Waals surface area (Å²) in [4.78, 5) is 23.5. The van der Waals surface area contributed by atoms with E-state index in [2.05, 4.69) is 5.32 Å². The van der Waals surface area contributed by atoms with Crippen LogP contribution < -0.4 is 5.32 Å². The molecule has 1 aromatic carbocycles. The van der Waals surface area contributed by atoms with Gasteiger partial charge in [0.2, 0.25) is 5.91 Å². The molecule has 2 N–H and O–H groups in total. The largest absolute Gasteiger partial charge is 0.480 e. The second-order valence-electron chi connectivity index (χ2n) is 4.28. The summed E-state index contributed by atoms with van der Waals surface area (Å²) in [5.74, 6) is -0.554. The standard InChI is InChI=1S/C14H19NO3S/c1-3-12(14(17)18)15-13(16)8-9-19-11-6-4-10(2)5-7-11/h4-7,12H,3,8-9H2,1-2H3,(H,15,16)(H,17,18). The fourth-order valence-electron chi connectivity index (χ4n) is 1.50. The van der Waals surface area contributed by atoms with Gasteiger partial charge in [-0.25, -0.2) is 4.79 Å². The van der Waals surface area contributed by atoms with Gasteiger partial charge in [-0.3, -0.25) is 4.79 Å². The van der Waals surface area contributed by atoms with E-state index >= 15 is 0 Å². The SMILES string of the molecule is CCC(NC(=O)CCSc1ccc(C)cc1)C(=O)O. The van der Waals surface area contributed by atoms with Crippen molar-refractivity contribution in [1.82, 2.24) is 5.32 Å². The van der Waals surface area contributed by atoms with E-state index in [9.17, 15) is 9.59 Å². The second-order valence-corrected chi connectivity index (χ2v) is 5.45. The van der Waals surface area contributed by atoms with Crippen LogP contribution in [0.2, 0.25) is 0 Å². The lowest BCUT2D eigenvalue weighted by molar-refractivity contribution is -0.141. The molecule has 0 aromatic heterocycles. The number of carboxylic acid groups (broad SMARTS) is 1. The fraction of sp³-hybridized carbons (Fsp3) is 0.429. The van der Waals surface area contributed by atoms with Crippen LogP contribution in [0.5, 0.6) is 0 Å². The number of carboxylic acids is 1. The molecule has 1 atom stereocenters. The molecule has 0 spiro atoms. The van der Waals surface area contributed by atoms with Crippen molar-refractivity contribution in [1.29, 1.82) is 0 Å². The van der Waals surface area contributed by atoms with Gasteiger partial charge in [0.15, 0.2) is 0 Å². The lowest BCUT2D eigenvalue weighted by atomic mass is 10.2. The molecule has 19 heavy (non-hydrogen) atoms. The van der Waals surface area contributed by atoms with Crippen molar-refractivity contribution in [2.45, 2.75) is 37.6 Å². The quantitative estimate of drug-likeness (QED) is 0.753. The third-order valence-electron chi connectivity index (χ3n) is 2.66. The summed E-state index contributed by atoms with van der Waals surface area (Å²) in [6.45, 7) is 3.76. The normalized spacial score (nSPS) is 11.9. The minimum absolute atomic E-state index is 0.214. The summed E-state index contributed by atoms with van der Waals surface area (Å²) in [6, 6.07) is 7.31. The topological polar surface area (TPSA) is 66.4 Å². The molecule has 1 aromatic rings. The van der Waals surface area contributed by atoms with Crippen molar-refractivity contribution < 1.29 is 14.7 Å². The molecule has 0 heterocycles. The van der Waals surface area contributed by atoms with Crippen molar-refractivity contribution in [3.05, 3.63) is 29.8 Å². The number of carbonyl (C=O) groups excluding carboxylic acids is 1. The van der Waals surface area contributed by atoms with Gasteiger partial charge in [-0.2, -0.15) is 0 Å². The van der Waals surface area contributed by atoms with Gasteiger partial charge in [0.25, 0.3) is 0 Å². The Morgan fingerprint density at radius 2 is 1.95 bits per heavy atom. The number of hydrogen-bond donors (Lipinski definition) is 2. The Bertz CT molecular complexity index is 431. The van der Waals surface area contributed by atoms with Crippen molar-refractivity contribution in [3.8, 4) is 0 Å². The number of aliphatic carboxylic acids is 1. The Morgan fingerprint density at radius 1 is 1.32 bits per heavy atom. The van der Waals surface area contributed by atoms with E-state index < -0.39 is 12.0 Å². The average molecular weight is 281 g/mol. The highest BCUT2D eigenvalue weighted by atomic mass is 32.2. The minimum atomic E-state index is -0.984. The molecule has 5 heteroatoms. The highest BCUT2D eigenvalue weighted by Crippen LogP contribution is 2.18. The van der Waals surface area contributed by atoms with Crippen LogP contribution in [0.3, 0.4) is 0 Å². The first-order valence-corrected chi connectivity index (χ1v) is 7.23. The minimum Gasteiger partial charge on any atom is -0.480 e.